The quantitative estimate of drug-likeness (QED) is 0.814. The molecule has 0 radical (unpaired) electrons. The Hall–Kier alpha value is -2.06. The van der Waals surface area contributed by atoms with Crippen LogP contribution in [0.2, 0.25) is 0 Å². The zero-order valence-corrected chi connectivity index (χ0v) is 14.7. The van der Waals surface area contributed by atoms with Gasteiger partial charge in [0.15, 0.2) is 5.82 Å². The number of hydrogen-bond acceptors (Lipinski definition) is 7. The van der Waals surface area contributed by atoms with E-state index >= 15 is 0 Å². The Labute approximate surface area is 147 Å². The maximum atomic E-state index is 5.42. The first-order valence-corrected chi connectivity index (χ1v) is 9.02. The minimum absolute atomic E-state index is 0.462. The lowest BCUT2D eigenvalue weighted by Crippen LogP contribution is -2.36. The maximum Gasteiger partial charge on any atom is 0.151 e. The van der Waals surface area contributed by atoms with E-state index in [9.17, 15) is 0 Å². The molecule has 2 aliphatic rings. The third-order valence-corrected chi connectivity index (χ3v) is 5.21. The van der Waals surface area contributed by atoms with E-state index in [2.05, 4.69) is 41.8 Å². The van der Waals surface area contributed by atoms with Gasteiger partial charge in [-0.2, -0.15) is 5.10 Å². The molecule has 0 unspecified atom stereocenters. The Morgan fingerprint density at radius 1 is 1.08 bits per heavy atom. The van der Waals surface area contributed by atoms with Crippen LogP contribution in [0.4, 0.5) is 5.82 Å². The summed E-state index contributed by atoms with van der Waals surface area (Å²) in [5, 5.41) is 17.2. The van der Waals surface area contributed by atoms with Crippen molar-refractivity contribution in [3.05, 3.63) is 30.0 Å². The number of hydrogen-bond donors (Lipinski definition) is 0. The van der Waals surface area contributed by atoms with Gasteiger partial charge in [0, 0.05) is 45.3 Å². The van der Waals surface area contributed by atoms with Gasteiger partial charge in [-0.1, -0.05) is 0 Å². The van der Waals surface area contributed by atoms with E-state index in [1.807, 2.05) is 12.1 Å². The van der Waals surface area contributed by atoms with Crippen LogP contribution in [0.5, 0.6) is 0 Å². The Balaban J connectivity index is 1.38. The zero-order valence-electron chi connectivity index (χ0n) is 14.7. The highest BCUT2D eigenvalue weighted by atomic mass is 16.5. The van der Waals surface area contributed by atoms with Gasteiger partial charge in [0.05, 0.1) is 19.8 Å². The number of anilines is 1. The third kappa shape index (κ3) is 3.64. The highest BCUT2D eigenvalue weighted by molar-refractivity contribution is 5.37. The molecule has 0 atom stereocenters. The molecule has 0 amide bonds. The van der Waals surface area contributed by atoms with E-state index < -0.39 is 0 Å². The summed E-state index contributed by atoms with van der Waals surface area (Å²) in [6.07, 6.45) is 3.85. The Kier molecular flexibility index (Phi) is 4.89. The van der Waals surface area contributed by atoms with Crippen molar-refractivity contribution in [2.24, 2.45) is 7.05 Å². The van der Waals surface area contributed by atoms with Crippen molar-refractivity contribution in [2.45, 2.75) is 25.3 Å². The van der Waals surface area contributed by atoms with E-state index in [1.165, 1.54) is 0 Å². The molecule has 2 saturated heterocycles. The lowest BCUT2D eigenvalue weighted by Gasteiger charge is -2.32. The number of ether oxygens (including phenoxy) is 1. The second-order valence-electron chi connectivity index (χ2n) is 6.77. The van der Waals surface area contributed by atoms with Crippen molar-refractivity contribution >= 4 is 5.82 Å². The highest BCUT2D eigenvalue weighted by Crippen LogP contribution is 2.28. The Bertz CT molecular complexity index is 676. The first kappa shape index (κ1) is 16.4. The number of aromatic nitrogens is 5. The van der Waals surface area contributed by atoms with Gasteiger partial charge >= 0.3 is 0 Å². The third-order valence-electron chi connectivity index (χ3n) is 5.21. The van der Waals surface area contributed by atoms with Gasteiger partial charge in [-0.25, -0.2) is 0 Å². The van der Waals surface area contributed by atoms with E-state index in [0.29, 0.717) is 5.92 Å². The molecule has 0 aliphatic carbocycles. The number of rotatable bonds is 4. The molecular formula is C17H25N7O. The Morgan fingerprint density at radius 3 is 2.60 bits per heavy atom. The van der Waals surface area contributed by atoms with Crippen LogP contribution in [0.15, 0.2) is 18.3 Å². The predicted molar refractivity (Wildman–Crippen MR) is 93.3 cm³/mol. The summed E-state index contributed by atoms with van der Waals surface area (Å²) in [4.78, 5) is 4.68. The second-order valence-corrected chi connectivity index (χ2v) is 6.77. The molecule has 0 aromatic carbocycles. The van der Waals surface area contributed by atoms with Crippen LogP contribution in [-0.2, 0) is 18.3 Å². The van der Waals surface area contributed by atoms with Crippen LogP contribution < -0.4 is 4.90 Å². The standard InChI is InChI=1S/C17H25N7O/c1-22-16(13-23-9-11-25-12-10-23)20-21-17(22)14-4-7-24(8-5-14)15-3-2-6-18-19-15/h2-3,6,14H,4-5,7-13H2,1H3. The van der Waals surface area contributed by atoms with Crippen molar-refractivity contribution < 1.29 is 4.74 Å². The molecule has 25 heavy (non-hydrogen) atoms. The highest BCUT2D eigenvalue weighted by Gasteiger charge is 2.26. The minimum Gasteiger partial charge on any atom is -0.379 e. The summed E-state index contributed by atoms with van der Waals surface area (Å²) in [7, 11) is 2.10. The van der Waals surface area contributed by atoms with Gasteiger partial charge in [0.1, 0.15) is 11.6 Å². The molecule has 0 saturated carbocycles. The molecule has 0 bridgehead atoms. The van der Waals surface area contributed by atoms with Crippen molar-refractivity contribution in [3.63, 3.8) is 0 Å². The fourth-order valence-corrected chi connectivity index (χ4v) is 3.66. The molecular weight excluding hydrogens is 318 g/mol. The van der Waals surface area contributed by atoms with Gasteiger partial charge in [-0.15, -0.1) is 15.3 Å². The lowest BCUT2D eigenvalue weighted by atomic mass is 9.96. The van der Waals surface area contributed by atoms with Crippen molar-refractivity contribution in [1.82, 2.24) is 29.9 Å². The summed E-state index contributed by atoms with van der Waals surface area (Å²) >= 11 is 0. The van der Waals surface area contributed by atoms with Gasteiger partial charge in [-0.3, -0.25) is 4.90 Å². The van der Waals surface area contributed by atoms with Crippen LogP contribution in [0.25, 0.3) is 0 Å². The van der Waals surface area contributed by atoms with Gasteiger partial charge in [0.25, 0.3) is 0 Å². The minimum atomic E-state index is 0.462. The number of piperidine rings is 1. The molecule has 0 spiro atoms. The topological polar surface area (TPSA) is 72.2 Å². The van der Waals surface area contributed by atoms with Gasteiger partial charge in [-0.05, 0) is 25.0 Å². The molecule has 134 valence electrons. The first-order chi connectivity index (χ1) is 12.3. The monoisotopic (exact) mass is 343 g/mol. The molecule has 2 aliphatic heterocycles. The van der Waals surface area contributed by atoms with Crippen molar-refractivity contribution in [2.75, 3.05) is 44.3 Å². The van der Waals surface area contributed by atoms with E-state index in [1.54, 1.807) is 6.20 Å². The molecule has 2 aromatic heterocycles. The van der Waals surface area contributed by atoms with Crippen LogP contribution in [-0.4, -0.2) is 69.3 Å². The molecule has 8 nitrogen and oxygen atoms in total. The molecule has 4 heterocycles. The van der Waals surface area contributed by atoms with Crippen LogP contribution in [0.3, 0.4) is 0 Å². The summed E-state index contributed by atoms with van der Waals surface area (Å²) in [6.45, 7) is 6.38. The summed E-state index contributed by atoms with van der Waals surface area (Å²) in [5.41, 5.74) is 0. The molecule has 8 heteroatoms. The fraction of sp³-hybridized carbons (Fsp3) is 0.647. The number of nitrogens with zero attached hydrogens (tertiary/aromatic N) is 7. The van der Waals surface area contributed by atoms with Crippen molar-refractivity contribution in [1.29, 1.82) is 0 Å². The van der Waals surface area contributed by atoms with Crippen LogP contribution >= 0.6 is 0 Å². The van der Waals surface area contributed by atoms with Crippen LogP contribution in [0.1, 0.15) is 30.4 Å². The van der Waals surface area contributed by atoms with E-state index in [4.69, 9.17) is 4.74 Å². The van der Waals surface area contributed by atoms with Crippen LogP contribution in [0, 0.1) is 0 Å². The lowest BCUT2D eigenvalue weighted by molar-refractivity contribution is 0.0326. The van der Waals surface area contributed by atoms with Gasteiger partial charge < -0.3 is 14.2 Å². The average molecular weight is 343 g/mol. The normalized spacial score (nSPS) is 20.1. The largest absolute Gasteiger partial charge is 0.379 e. The summed E-state index contributed by atoms with van der Waals surface area (Å²) in [5.74, 6) is 3.59. The SMILES string of the molecule is Cn1c(CN2CCOCC2)nnc1C1CCN(c2cccnn2)CC1. The average Bonchev–Trinajstić information content (AvgIpc) is 3.04. The molecule has 2 aromatic rings. The van der Waals surface area contributed by atoms with E-state index in [-0.39, 0.29) is 0 Å². The van der Waals surface area contributed by atoms with E-state index in [0.717, 1.165) is 76.2 Å². The first-order valence-electron chi connectivity index (χ1n) is 9.02. The summed E-state index contributed by atoms with van der Waals surface area (Å²) < 4.78 is 7.61. The smallest absolute Gasteiger partial charge is 0.151 e. The van der Waals surface area contributed by atoms with Gasteiger partial charge in [0.2, 0.25) is 0 Å². The summed E-state index contributed by atoms with van der Waals surface area (Å²) in [6, 6.07) is 3.96. The zero-order chi connectivity index (χ0) is 17.1. The Morgan fingerprint density at radius 2 is 1.88 bits per heavy atom. The predicted octanol–water partition coefficient (Wildman–Crippen LogP) is 0.821. The molecule has 0 N–H and O–H groups in total. The maximum absolute atomic E-state index is 5.42. The van der Waals surface area contributed by atoms with Crippen molar-refractivity contribution in [3.8, 4) is 0 Å². The number of morpholine rings is 1. The molecule has 2 fully saturated rings. The second kappa shape index (κ2) is 7.45. The molecule has 4 rings (SSSR count). The fourth-order valence-electron chi connectivity index (χ4n) is 3.66.